The van der Waals surface area contributed by atoms with Crippen LogP contribution in [0.3, 0.4) is 0 Å². The minimum absolute atomic E-state index is 0.0504. The van der Waals surface area contributed by atoms with Crippen molar-refractivity contribution >= 4 is 18.2 Å². The van der Waals surface area contributed by atoms with E-state index in [-0.39, 0.29) is 23.8 Å². The molecule has 0 heterocycles. The molecule has 2 atom stereocenters. The number of hydrogen-bond donors (Lipinski definition) is 3. The molecule has 2 rings (SSSR count). The topological polar surface area (TPSA) is 127 Å². The van der Waals surface area contributed by atoms with Crippen LogP contribution < -0.4 is 5.73 Å². The van der Waals surface area contributed by atoms with Gasteiger partial charge in [0.25, 0.3) is 0 Å². The van der Waals surface area contributed by atoms with Gasteiger partial charge in [-0.05, 0) is 35.7 Å². The van der Waals surface area contributed by atoms with E-state index in [0.717, 1.165) is 6.42 Å². The Balaban J connectivity index is 0.000000370. The highest BCUT2D eigenvalue weighted by Crippen LogP contribution is 2.17. The van der Waals surface area contributed by atoms with Gasteiger partial charge in [-0.1, -0.05) is 44.5 Å². The molecule has 0 fully saturated rings. The maximum Gasteiger partial charge on any atom is 0.338 e. The van der Waals surface area contributed by atoms with Crippen LogP contribution in [0.25, 0.3) is 0 Å². The molecule has 0 amide bonds. The highest BCUT2D eigenvalue weighted by Gasteiger charge is 2.17. The number of ether oxygens (including phenoxy) is 1. The van der Waals surface area contributed by atoms with E-state index in [9.17, 15) is 19.5 Å². The molecule has 0 aliphatic carbocycles. The first-order valence-electron chi connectivity index (χ1n) is 8.77. The number of carbonyl (C=O) groups is 3. The molecule has 4 N–H and O–H groups in total. The predicted molar refractivity (Wildman–Crippen MR) is 104 cm³/mol. The number of rotatable bonds is 7. The zero-order valence-electron chi connectivity index (χ0n) is 15.9. The van der Waals surface area contributed by atoms with E-state index >= 15 is 0 Å². The fraction of sp³-hybridized carbons (Fsp3) is 0.286. The summed E-state index contributed by atoms with van der Waals surface area (Å²) in [6.07, 6.45) is 1.37. The number of phenols is 1. The third-order valence-electron chi connectivity index (χ3n) is 4.14. The van der Waals surface area contributed by atoms with Gasteiger partial charge in [0.2, 0.25) is 0 Å². The van der Waals surface area contributed by atoms with Crippen molar-refractivity contribution in [3.05, 3.63) is 65.2 Å². The summed E-state index contributed by atoms with van der Waals surface area (Å²) >= 11 is 0. The van der Waals surface area contributed by atoms with Gasteiger partial charge in [0.1, 0.15) is 18.4 Å². The predicted octanol–water partition coefficient (Wildman–Crippen LogP) is 3.01. The molecule has 0 aliphatic heterocycles. The Morgan fingerprint density at radius 2 is 1.82 bits per heavy atom. The second kappa shape index (κ2) is 11.5. The average molecular weight is 387 g/mol. The number of hydrogen-bond acceptors (Lipinski definition) is 6. The Kier molecular flexibility index (Phi) is 9.39. The summed E-state index contributed by atoms with van der Waals surface area (Å²) < 4.78 is 5.12. The molecule has 0 saturated carbocycles. The van der Waals surface area contributed by atoms with Crippen LogP contribution in [-0.2, 0) is 16.1 Å². The largest absolute Gasteiger partial charge is 0.507 e. The van der Waals surface area contributed by atoms with Crippen LogP contribution in [0.15, 0.2) is 48.5 Å². The van der Waals surface area contributed by atoms with Crippen molar-refractivity contribution in [2.45, 2.75) is 32.9 Å². The number of carboxylic acids is 1. The molecule has 2 aromatic rings. The van der Waals surface area contributed by atoms with E-state index in [1.165, 1.54) is 12.1 Å². The number of carboxylic acid groups (broad SMARTS) is 1. The molecular formula is C21H25NO6. The first-order valence-corrected chi connectivity index (χ1v) is 8.77. The van der Waals surface area contributed by atoms with E-state index < -0.39 is 18.0 Å². The maximum atomic E-state index is 11.7. The number of aliphatic carboxylic acids is 1. The molecule has 0 radical (unpaired) electrons. The average Bonchev–Trinajstić information content (AvgIpc) is 2.72. The zero-order chi connectivity index (χ0) is 21.1. The molecular weight excluding hydrogens is 362 g/mol. The summed E-state index contributed by atoms with van der Waals surface area (Å²) in [5, 5.41) is 17.7. The Hall–Kier alpha value is -3.19. The van der Waals surface area contributed by atoms with Gasteiger partial charge < -0.3 is 20.7 Å². The molecule has 2 aromatic carbocycles. The number of aldehydes is 1. The van der Waals surface area contributed by atoms with Crippen LogP contribution in [0, 0.1) is 5.92 Å². The van der Waals surface area contributed by atoms with E-state index in [1.54, 1.807) is 30.3 Å². The van der Waals surface area contributed by atoms with Crippen molar-refractivity contribution in [1.29, 1.82) is 0 Å². The number of esters is 1. The van der Waals surface area contributed by atoms with Gasteiger partial charge in [0, 0.05) is 0 Å². The van der Waals surface area contributed by atoms with Gasteiger partial charge in [-0.15, -0.1) is 0 Å². The lowest BCUT2D eigenvalue weighted by Gasteiger charge is -2.11. The van der Waals surface area contributed by atoms with Crippen molar-refractivity contribution in [3.63, 3.8) is 0 Å². The molecule has 0 spiro atoms. The number of phenolic OH excluding ortho intramolecular Hbond substituents is 1. The van der Waals surface area contributed by atoms with Gasteiger partial charge in [-0.2, -0.15) is 0 Å². The lowest BCUT2D eigenvalue weighted by molar-refractivity contribution is -0.139. The van der Waals surface area contributed by atoms with Crippen molar-refractivity contribution in [2.24, 2.45) is 11.7 Å². The minimum atomic E-state index is -0.913. The smallest absolute Gasteiger partial charge is 0.338 e. The first kappa shape index (κ1) is 22.9. The van der Waals surface area contributed by atoms with Gasteiger partial charge in [0.15, 0.2) is 6.29 Å². The van der Waals surface area contributed by atoms with Crippen LogP contribution >= 0.6 is 0 Å². The van der Waals surface area contributed by atoms with Crippen molar-refractivity contribution in [1.82, 2.24) is 0 Å². The molecule has 0 saturated heterocycles. The summed E-state index contributed by atoms with van der Waals surface area (Å²) in [7, 11) is 0. The van der Waals surface area contributed by atoms with Gasteiger partial charge in [0.05, 0.1) is 11.1 Å². The summed E-state index contributed by atoms with van der Waals surface area (Å²) in [5.41, 5.74) is 6.56. The van der Waals surface area contributed by atoms with Crippen LogP contribution in [0.5, 0.6) is 5.75 Å². The van der Waals surface area contributed by atoms with Crippen molar-refractivity contribution < 1.29 is 29.3 Å². The van der Waals surface area contributed by atoms with Crippen LogP contribution in [0.2, 0.25) is 0 Å². The fourth-order valence-electron chi connectivity index (χ4n) is 2.09. The standard InChI is InChI=1S/C15H12O4.C6H13NO2/c16-9-13-8-11(6-7-14(13)17)10-19-15(18)12-4-2-1-3-5-12;1-3-4(2)5(7)6(8)9/h1-9,17H,10H2;4-5H,3,7H2,1-2H3,(H,8,9)/t;4-,5-/m.0/s1. The number of carbonyl (C=O) groups excluding carboxylic acids is 2. The Morgan fingerprint density at radius 1 is 1.18 bits per heavy atom. The van der Waals surface area contributed by atoms with E-state index in [2.05, 4.69) is 0 Å². The van der Waals surface area contributed by atoms with E-state index in [4.69, 9.17) is 15.6 Å². The summed E-state index contributed by atoms with van der Waals surface area (Å²) in [5.74, 6) is -1.36. The summed E-state index contributed by atoms with van der Waals surface area (Å²) in [6.45, 7) is 3.81. The lowest BCUT2D eigenvalue weighted by Crippen LogP contribution is -2.36. The highest BCUT2D eigenvalue weighted by molar-refractivity contribution is 5.89. The highest BCUT2D eigenvalue weighted by atomic mass is 16.5. The van der Waals surface area contributed by atoms with Crippen LogP contribution in [-0.4, -0.2) is 34.5 Å². The zero-order valence-corrected chi connectivity index (χ0v) is 15.9. The minimum Gasteiger partial charge on any atom is -0.507 e. The van der Waals surface area contributed by atoms with Crippen LogP contribution in [0.1, 0.15) is 46.5 Å². The summed E-state index contributed by atoms with van der Waals surface area (Å²) in [6, 6.07) is 12.4. The second-order valence-corrected chi connectivity index (χ2v) is 6.20. The van der Waals surface area contributed by atoms with E-state index in [0.29, 0.717) is 17.4 Å². The normalized spacial score (nSPS) is 12.1. The van der Waals surface area contributed by atoms with Gasteiger partial charge in [-0.25, -0.2) is 4.79 Å². The molecule has 150 valence electrons. The first-order chi connectivity index (χ1) is 13.3. The Bertz CT molecular complexity index is 791. The SMILES string of the molecule is CC[C@H](C)[C@H](N)C(=O)O.O=Cc1cc(COC(=O)c2ccccc2)ccc1O. The number of benzene rings is 2. The fourth-order valence-corrected chi connectivity index (χ4v) is 2.09. The second-order valence-electron chi connectivity index (χ2n) is 6.20. The third-order valence-corrected chi connectivity index (χ3v) is 4.14. The van der Waals surface area contributed by atoms with Gasteiger partial charge >= 0.3 is 11.9 Å². The molecule has 0 unspecified atom stereocenters. The summed E-state index contributed by atoms with van der Waals surface area (Å²) in [4.78, 5) is 32.5. The molecule has 7 heteroatoms. The molecule has 0 aliphatic rings. The van der Waals surface area contributed by atoms with Gasteiger partial charge in [-0.3, -0.25) is 9.59 Å². The quantitative estimate of drug-likeness (QED) is 0.492. The van der Waals surface area contributed by atoms with Crippen molar-refractivity contribution in [2.75, 3.05) is 0 Å². The molecule has 7 nitrogen and oxygen atoms in total. The monoisotopic (exact) mass is 387 g/mol. The number of nitrogens with two attached hydrogens (primary N) is 1. The Labute approximate surface area is 163 Å². The van der Waals surface area contributed by atoms with Crippen LogP contribution in [0.4, 0.5) is 0 Å². The molecule has 28 heavy (non-hydrogen) atoms. The number of aromatic hydroxyl groups is 1. The molecule has 0 bridgehead atoms. The third kappa shape index (κ3) is 7.20. The van der Waals surface area contributed by atoms with Crippen molar-refractivity contribution in [3.8, 4) is 5.75 Å². The van der Waals surface area contributed by atoms with E-state index in [1.807, 2.05) is 19.9 Å². The Morgan fingerprint density at radius 3 is 2.32 bits per heavy atom. The lowest BCUT2D eigenvalue weighted by atomic mass is 10.0. The molecule has 0 aromatic heterocycles. The maximum absolute atomic E-state index is 11.7.